The molecule has 2 N–H and O–H groups in total. The highest BCUT2D eigenvalue weighted by Crippen LogP contribution is 2.19. The average Bonchev–Trinajstić information content (AvgIpc) is 2.61. The van der Waals surface area contributed by atoms with Crippen molar-refractivity contribution < 1.29 is 4.39 Å². The number of hydrogen-bond donors (Lipinski definition) is 2. The number of halogens is 2. The number of aliphatic imine (C=N–C) groups is 1. The summed E-state index contributed by atoms with van der Waals surface area (Å²) in [6, 6.07) is 5.34. The summed E-state index contributed by atoms with van der Waals surface area (Å²) in [5.74, 6) is 1.43. The van der Waals surface area contributed by atoms with E-state index in [0.29, 0.717) is 12.1 Å². The van der Waals surface area contributed by atoms with Crippen LogP contribution in [-0.4, -0.2) is 44.1 Å². The Hall–Kier alpha value is -0.890. The van der Waals surface area contributed by atoms with Crippen molar-refractivity contribution in [3.8, 4) is 0 Å². The number of piperidine rings is 1. The van der Waals surface area contributed by atoms with Crippen LogP contribution in [0.3, 0.4) is 0 Å². The summed E-state index contributed by atoms with van der Waals surface area (Å²) in [5, 5.41) is 6.62. The van der Waals surface area contributed by atoms with E-state index < -0.39 is 0 Å². The van der Waals surface area contributed by atoms with Gasteiger partial charge >= 0.3 is 0 Å². The van der Waals surface area contributed by atoms with Crippen molar-refractivity contribution >= 4 is 29.9 Å². The molecule has 0 atom stereocenters. The third kappa shape index (κ3) is 7.48. The molecule has 4 nitrogen and oxygen atoms in total. The summed E-state index contributed by atoms with van der Waals surface area (Å²) in [4.78, 5) is 6.76. The zero-order chi connectivity index (χ0) is 17.4. The second kappa shape index (κ2) is 11.7. The molecule has 6 heteroatoms. The molecule has 0 unspecified atom stereocenters. The summed E-state index contributed by atoms with van der Waals surface area (Å²) in [6.07, 6.45) is 3.77. The number of aryl methyl sites for hydroxylation is 1. The van der Waals surface area contributed by atoms with Crippen LogP contribution in [0.5, 0.6) is 0 Å². The van der Waals surface area contributed by atoms with Gasteiger partial charge in [-0.05, 0) is 68.9 Å². The molecule has 0 aromatic heterocycles. The first-order valence-electron chi connectivity index (χ1n) is 9.04. The Balaban J connectivity index is 0.00000312. The monoisotopic (exact) mass is 462 g/mol. The molecule has 1 aromatic rings. The molecular formula is C19H32FIN4. The van der Waals surface area contributed by atoms with Crippen LogP contribution in [0.2, 0.25) is 0 Å². The highest BCUT2D eigenvalue weighted by atomic mass is 127. The molecule has 0 aliphatic carbocycles. The van der Waals surface area contributed by atoms with Crippen LogP contribution in [0, 0.1) is 18.7 Å². The lowest BCUT2D eigenvalue weighted by molar-refractivity contribution is 0.187. The molecule has 2 rings (SSSR count). The molecule has 142 valence electrons. The van der Waals surface area contributed by atoms with Crippen molar-refractivity contribution in [2.45, 2.75) is 39.7 Å². The van der Waals surface area contributed by atoms with Crippen LogP contribution < -0.4 is 10.6 Å². The number of likely N-dealkylation sites (tertiary alicyclic amines) is 1. The van der Waals surface area contributed by atoms with Gasteiger partial charge in [0, 0.05) is 20.1 Å². The minimum absolute atomic E-state index is 0. The first-order chi connectivity index (χ1) is 11.6. The Morgan fingerprint density at radius 3 is 2.60 bits per heavy atom. The predicted octanol–water partition coefficient (Wildman–Crippen LogP) is 3.54. The number of rotatable bonds is 6. The average molecular weight is 462 g/mol. The zero-order valence-corrected chi connectivity index (χ0v) is 18.0. The van der Waals surface area contributed by atoms with E-state index in [-0.39, 0.29) is 29.8 Å². The summed E-state index contributed by atoms with van der Waals surface area (Å²) in [7, 11) is 1.77. The first kappa shape index (κ1) is 22.2. The van der Waals surface area contributed by atoms with Gasteiger partial charge in [-0.25, -0.2) is 4.39 Å². The SMILES string of the molecule is CCN1CCC(CCNC(=NC)NCc2ccc(C)c(F)c2)CC1.I. The molecule has 1 aromatic carbocycles. The number of nitrogens with one attached hydrogen (secondary N) is 2. The third-order valence-electron chi connectivity index (χ3n) is 4.92. The molecule has 25 heavy (non-hydrogen) atoms. The van der Waals surface area contributed by atoms with Crippen molar-refractivity contribution in [3.05, 3.63) is 35.1 Å². The molecule has 1 aliphatic heterocycles. The van der Waals surface area contributed by atoms with E-state index in [1.54, 1.807) is 20.0 Å². The van der Waals surface area contributed by atoms with Gasteiger partial charge in [0.1, 0.15) is 5.82 Å². The first-order valence-corrected chi connectivity index (χ1v) is 9.04. The van der Waals surface area contributed by atoms with E-state index >= 15 is 0 Å². The van der Waals surface area contributed by atoms with Crippen LogP contribution in [-0.2, 0) is 6.54 Å². The predicted molar refractivity (Wildman–Crippen MR) is 114 cm³/mol. The topological polar surface area (TPSA) is 39.7 Å². The molecule has 0 saturated carbocycles. The highest BCUT2D eigenvalue weighted by molar-refractivity contribution is 14.0. The minimum atomic E-state index is -0.157. The number of hydrogen-bond acceptors (Lipinski definition) is 2. The lowest BCUT2D eigenvalue weighted by atomic mass is 9.93. The van der Waals surface area contributed by atoms with Crippen LogP contribution >= 0.6 is 24.0 Å². The number of benzene rings is 1. The number of nitrogens with zero attached hydrogens (tertiary/aromatic N) is 2. The van der Waals surface area contributed by atoms with Crippen molar-refractivity contribution in [1.29, 1.82) is 0 Å². The lowest BCUT2D eigenvalue weighted by Crippen LogP contribution is -2.39. The van der Waals surface area contributed by atoms with E-state index in [0.717, 1.165) is 24.0 Å². The fraction of sp³-hybridized carbons (Fsp3) is 0.632. The molecule has 0 bridgehead atoms. The van der Waals surface area contributed by atoms with Crippen molar-refractivity contribution in [2.24, 2.45) is 10.9 Å². The van der Waals surface area contributed by atoms with Crippen LogP contribution in [0.15, 0.2) is 23.2 Å². The van der Waals surface area contributed by atoms with Gasteiger partial charge in [0.2, 0.25) is 0 Å². The lowest BCUT2D eigenvalue weighted by Gasteiger charge is -2.31. The standard InChI is InChI=1S/C19H31FN4.HI/c1-4-24-11-8-16(9-12-24)7-10-22-19(21-3)23-14-17-6-5-15(2)18(20)13-17;/h5-6,13,16H,4,7-12,14H2,1-3H3,(H2,21,22,23);1H. The maximum Gasteiger partial charge on any atom is 0.191 e. The zero-order valence-electron chi connectivity index (χ0n) is 15.6. The Kier molecular flexibility index (Phi) is 10.3. The molecule has 1 aliphatic rings. The van der Waals surface area contributed by atoms with Gasteiger partial charge in [0.05, 0.1) is 0 Å². The van der Waals surface area contributed by atoms with Crippen LogP contribution in [0.25, 0.3) is 0 Å². The van der Waals surface area contributed by atoms with Crippen molar-refractivity contribution in [3.63, 3.8) is 0 Å². The van der Waals surface area contributed by atoms with Gasteiger partial charge in [-0.2, -0.15) is 0 Å². The molecule has 0 amide bonds. The Bertz CT molecular complexity index is 542. The second-order valence-electron chi connectivity index (χ2n) is 6.60. The van der Waals surface area contributed by atoms with E-state index in [1.165, 1.54) is 38.9 Å². The third-order valence-corrected chi connectivity index (χ3v) is 4.92. The van der Waals surface area contributed by atoms with Gasteiger partial charge < -0.3 is 15.5 Å². The largest absolute Gasteiger partial charge is 0.356 e. The van der Waals surface area contributed by atoms with Crippen molar-refractivity contribution in [1.82, 2.24) is 15.5 Å². The van der Waals surface area contributed by atoms with Crippen LogP contribution in [0.1, 0.15) is 37.3 Å². The highest BCUT2D eigenvalue weighted by Gasteiger charge is 2.17. The van der Waals surface area contributed by atoms with Gasteiger partial charge in [0.15, 0.2) is 5.96 Å². The fourth-order valence-corrected chi connectivity index (χ4v) is 3.14. The van der Waals surface area contributed by atoms with Gasteiger partial charge in [-0.15, -0.1) is 24.0 Å². The quantitative estimate of drug-likeness (QED) is 0.386. The van der Waals surface area contributed by atoms with E-state index in [1.807, 2.05) is 12.1 Å². The fourth-order valence-electron chi connectivity index (χ4n) is 3.14. The molecular weight excluding hydrogens is 430 g/mol. The van der Waals surface area contributed by atoms with E-state index in [4.69, 9.17) is 0 Å². The number of guanidine groups is 1. The summed E-state index contributed by atoms with van der Waals surface area (Å²) < 4.78 is 13.6. The van der Waals surface area contributed by atoms with Gasteiger partial charge in [-0.3, -0.25) is 4.99 Å². The molecule has 1 heterocycles. The van der Waals surface area contributed by atoms with Crippen molar-refractivity contribution in [2.75, 3.05) is 33.2 Å². The maximum atomic E-state index is 13.6. The van der Waals surface area contributed by atoms with Gasteiger partial charge in [0.25, 0.3) is 0 Å². The van der Waals surface area contributed by atoms with Gasteiger partial charge in [-0.1, -0.05) is 19.1 Å². The Labute approximate surface area is 168 Å². The summed E-state index contributed by atoms with van der Waals surface area (Å²) >= 11 is 0. The summed E-state index contributed by atoms with van der Waals surface area (Å²) in [6.45, 7) is 9.14. The molecule has 0 radical (unpaired) electrons. The Morgan fingerprint density at radius 1 is 1.28 bits per heavy atom. The van der Waals surface area contributed by atoms with Crippen LogP contribution in [0.4, 0.5) is 4.39 Å². The molecule has 0 spiro atoms. The maximum absolute atomic E-state index is 13.6. The van der Waals surface area contributed by atoms with E-state index in [2.05, 4.69) is 27.4 Å². The normalized spacial score (nSPS) is 16.4. The smallest absolute Gasteiger partial charge is 0.191 e. The van der Waals surface area contributed by atoms with E-state index in [9.17, 15) is 4.39 Å². The minimum Gasteiger partial charge on any atom is -0.356 e. The Morgan fingerprint density at radius 2 is 2.00 bits per heavy atom. The molecule has 1 fully saturated rings. The second-order valence-corrected chi connectivity index (χ2v) is 6.60. The summed E-state index contributed by atoms with van der Waals surface area (Å²) in [5.41, 5.74) is 1.60. The molecule has 1 saturated heterocycles.